The first-order chi connectivity index (χ1) is 8.24. The van der Waals surface area contributed by atoms with Crippen molar-refractivity contribution in [2.24, 2.45) is 0 Å². The van der Waals surface area contributed by atoms with E-state index in [1.807, 2.05) is 0 Å². The molecule has 17 heavy (non-hydrogen) atoms. The fraction of sp³-hybridized carbons (Fsp3) is 0.500. The number of fused-ring (bicyclic) bond motifs is 1. The third kappa shape index (κ3) is 2.54. The van der Waals surface area contributed by atoms with E-state index < -0.39 is 0 Å². The molecule has 0 radical (unpaired) electrons. The molecule has 0 spiro atoms. The van der Waals surface area contributed by atoms with E-state index in [1.165, 1.54) is 25.0 Å². The van der Waals surface area contributed by atoms with Crippen LogP contribution in [0.4, 0.5) is 0 Å². The summed E-state index contributed by atoms with van der Waals surface area (Å²) in [5.41, 5.74) is 4.58. The number of benzene rings is 1. The lowest BCUT2D eigenvalue weighted by Gasteiger charge is -2.31. The van der Waals surface area contributed by atoms with Gasteiger partial charge in [0.25, 0.3) is 0 Å². The van der Waals surface area contributed by atoms with E-state index in [0.29, 0.717) is 5.92 Å². The average Bonchev–Trinajstić information content (AvgIpc) is 2.35. The highest BCUT2D eigenvalue weighted by atomic mass is 15.1. The molecule has 1 unspecified atom stereocenters. The molecule has 1 aromatic carbocycles. The maximum absolute atomic E-state index is 2.38. The topological polar surface area (TPSA) is 3.24 Å². The van der Waals surface area contributed by atoms with Crippen molar-refractivity contribution in [2.45, 2.75) is 38.5 Å². The van der Waals surface area contributed by atoms with E-state index in [4.69, 9.17) is 0 Å². The van der Waals surface area contributed by atoms with Gasteiger partial charge in [-0.1, -0.05) is 37.3 Å². The van der Waals surface area contributed by atoms with Crippen molar-refractivity contribution in [3.05, 3.63) is 47.2 Å². The monoisotopic (exact) mass is 229 g/mol. The van der Waals surface area contributed by atoms with Gasteiger partial charge in [-0.2, -0.15) is 0 Å². The first kappa shape index (κ1) is 12.2. The predicted molar refractivity (Wildman–Crippen MR) is 74.2 cm³/mol. The summed E-state index contributed by atoms with van der Waals surface area (Å²) in [5, 5.41) is 0. The zero-order valence-corrected chi connectivity index (χ0v) is 11.2. The van der Waals surface area contributed by atoms with Crippen LogP contribution in [-0.2, 0) is 6.42 Å². The van der Waals surface area contributed by atoms with Crippen molar-refractivity contribution in [1.29, 1.82) is 0 Å². The fourth-order valence-corrected chi connectivity index (χ4v) is 2.91. The summed E-state index contributed by atoms with van der Waals surface area (Å²) in [6.07, 6.45) is 7.36. The second kappa shape index (κ2) is 5.39. The fourth-order valence-electron chi connectivity index (χ4n) is 2.91. The number of aryl methyl sites for hydroxylation is 1. The molecule has 1 atom stereocenters. The molecule has 1 aromatic rings. The van der Waals surface area contributed by atoms with E-state index in [-0.39, 0.29) is 0 Å². The summed E-state index contributed by atoms with van der Waals surface area (Å²) in [4.78, 5) is 2.29. The third-order valence-electron chi connectivity index (χ3n) is 3.66. The minimum Gasteiger partial charge on any atom is -0.381 e. The van der Waals surface area contributed by atoms with Gasteiger partial charge >= 0.3 is 0 Å². The lowest BCUT2D eigenvalue weighted by atomic mass is 9.80. The van der Waals surface area contributed by atoms with E-state index in [2.05, 4.69) is 56.3 Å². The van der Waals surface area contributed by atoms with Crippen molar-refractivity contribution in [1.82, 2.24) is 4.90 Å². The molecule has 0 amide bonds. The van der Waals surface area contributed by atoms with Gasteiger partial charge in [0.05, 0.1) is 0 Å². The largest absolute Gasteiger partial charge is 0.381 e. The molecule has 1 aliphatic carbocycles. The van der Waals surface area contributed by atoms with Gasteiger partial charge < -0.3 is 4.90 Å². The smallest absolute Gasteiger partial charge is 0.0239 e. The van der Waals surface area contributed by atoms with Gasteiger partial charge in [0, 0.05) is 25.7 Å². The van der Waals surface area contributed by atoms with Crippen LogP contribution in [0.2, 0.25) is 0 Å². The Morgan fingerprint density at radius 3 is 2.82 bits per heavy atom. The Balaban J connectivity index is 2.37. The zero-order chi connectivity index (χ0) is 12.3. The Morgan fingerprint density at radius 1 is 1.35 bits per heavy atom. The minimum absolute atomic E-state index is 0.606. The maximum Gasteiger partial charge on any atom is 0.0239 e. The normalized spacial score (nSPS) is 19.9. The van der Waals surface area contributed by atoms with E-state index >= 15 is 0 Å². The summed E-state index contributed by atoms with van der Waals surface area (Å²) in [7, 11) is 4.33. The van der Waals surface area contributed by atoms with Gasteiger partial charge in [-0.15, -0.1) is 0 Å². The Morgan fingerprint density at radius 2 is 2.12 bits per heavy atom. The molecule has 0 aromatic heterocycles. The van der Waals surface area contributed by atoms with Crippen molar-refractivity contribution < 1.29 is 0 Å². The zero-order valence-electron chi connectivity index (χ0n) is 11.2. The second-order valence-corrected chi connectivity index (χ2v) is 5.08. The summed E-state index contributed by atoms with van der Waals surface area (Å²) in [6.45, 7) is 2.22. The first-order valence-corrected chi connectivity index (χ1v) is 6.69. The first-order valence-electron chi connectivity index (χ1n) is 6.69. The molecule has 0 heterocycles. The predicted octanol–water partition coefficient (Wildman–Crippen LogP) is 3.96. The Bertz CT molecular complexity index is 404. The number of allylic oxidation sites excluding steroid dienone is 2. The molecule has 0 N–H and O–H groups in total. The highest BCUT2D eigenvalue weighted by Gasteiger charge is 2.23. The van der Waals surface area contributed by atoms with Crippen LogP contribution in [0.25, 0.3) is 0 Å². The van der Waals surface area contributed by atoms with Crippen LogP contribution in [0.3, 0.4) is 0 Å². The molecule has 92 valence electrons. The minimum atomic E-state index is 0.606. The summed E-state index contributed by atoms with van der Waals surface area (Å²) in [6, 6.07) is 8.95. The molecule has 0 bridgehead atoms. The Hall–Kier alpha value is -1.24. The number of rotatable bonds is 3. The summed E-state index contributed by atoms with van der Waals surface area (Å²) >= 11 is 0. The van der Waals surface area contributed by atoms with Crippen LogP contribution in [0.5, 0.6) is 0 Å². The highest BCUT2D eigenvalue weighted by Crippen LogP contribution is 2.37. The van der Waals surface area contributed by atoms with Gasteiger partial charge in [0.2, 0.25) is 0 Å². The Labute approximate surface area is 105 Å². The SMILES string of the molecule is CC/C=C(/C1CCCc2ccccc21)N(C)C. The van der Waals surface area contributed by atoms with Gasteiger partial charge in [-0.05, 0) is 36.8 Å². The maximum atomic E-state index is 2.38. The molecule has 1 heteroatoms. The van der Waals surface area contributed by atoms with Crippen LogP contribution in [-0.4, -0.2) is 19.0 Å². The molecule has 2 rings (SSSR count). The van der Waals surface area contributed by atoms with Gasteiger partial charge in [0.15, 0.2) is 0 Å². The quantitative estimate of drug-likeness (QED) is 0.758. The van der Waals surface area contributed by atoms with E-state index in [1.54, 1.807) is 11.1 Å². The van der Waals surface area contributed by atoms with Gasteiger partial charge in [-0.25, -0.2) is 0 Å². The van der Waals surface area contributed by atoms with Crippen molar-refractivity contribution in [3.8, 4) is 0 Å². The summed E-state index contributed by atoms with van der Waals surface area (Å²) in [5.74, 6) is 0.606. The van der Waals surface area contributed by atoms with Crippen LogP contribution in [0, 0.1) is 0 Å². The van der Waals surface area contributed by atoms with Gasteiger partial charge in [0.1, 0.15) is 0 Å². The average molecular weight is 229 g/mol. The molecular formula is C16H23N. The number of hydrogen-bond acceptors (Lipinski definition) is 1. The molecule has 0 saturated heterocycles. The van der Waals surface area contributed by atoms with E-state index in [9.17, 15) is 0 Å². The van der Waals surface area contributed by atoms with Crippen molar-refractivity contribution in [2.75, 3.05) is 14.1 Å². The van der Waals surface area contributed by atoms with Crippen LogP contribution in [0.1, 0.15) is 43.2 Å². The number of hydrogen-bond donors (Lipinski definition) is 0. The molecule has 0 fully saturated rings. The van der Waals surface area contributed by atoms with Gasteiger partial charge in [-0.3, -0.25) is 0 Å². The highest BCUT2D eigenvalue weighted by molar-refractivity contribution is 5.37. The Kier molecular flexibility index (Phi) is 3.88. The summed E-state index contributed by atoms with van der Waals surface area (Å²) < 4.78 is 0. The van der Waals surface area contributed by atoms with Crippen molar-refractivity contribution in [3.63, 3.8) is 0 Å². The molecule has 0 saturated carbocycles. The lowest BCUT2D eigenvalue weighted by Crippen LogP contribution is -2.21. The van der Waals surface area contributed by atoms with Crippen LogP contribution >= 0.6 is 0 Å². The molecule has 0 aliphatic heterocycles. The van der Waals surface area contributed by atoms with Crippen molar-refractivity contribution >= 4 is 0 Å². The van der Waals surface area contributed by atoms with Crippen LogP contribution < -0.4 is 0 Å². The lowest BCUT2D eigenvalue weighted by molar-refractivity contribution is 0.434. The van der Waals surface area contributed by atoms with Crippen LogP contribution in [0.15, 0.2) is 36.0 Å². The molecular weight excluding hydrogens is 206 g/mol. The van der Waals surface area contributed by atoms with E-state index in [0.717, 1.165) is 6.42 Å². The number of likely N-dealkylation sites (N-methyl/N-ethyl adjacent to an activating group) is 1. The third-order valence-corrected chi connectivity index (χ3v) is 3.66. The molecule has 1 aliphatic rings. The number of nitrogens with zero attached hydrogens (tertiary/aromatic N) is 1. The standard InChI is InChI=1S/C16H23N/c1-4-8-16(17(2)3)15-12-7-10-13-9-5-6-11-14(13)15/h5-6,8-9,11,15H,4,7,10,12H2,1-3H3/b16-8-. The second-order valence-electron chi connectivity index (χ2n) is 5.08. The molecule has 1 nitrogen and oxygen atoms in total.